The Morgan fingerprint density at radius 2 is 2.17 bits per heavy atom. The molecule has 0 spiro atoms. The summed E-state index contributed by atoms with van der Waals surface area (Å²) in [4.78, 5) is 17.7. The number of halogens is 2. The molecule has 7 heteroatoms. The van der Waals surface area contributed by atoms with Gasteiger partial charge in [-0.1, -0.05) is 12.1 Å². The first-order valence-electron chi connectivity index (χ1n) is 7.30. The maximum absolute atomic E-state index is 13.0. The van der Waals surface area contributed by atoms with E-state index in [0.29, 0.717) is 30.8 Å². The van der Waals surface area contributed by atoms with Gasteiger partial charge in [-0.15, -0.1) is 11.6 Å². The number of amides is 1. The van der Waals surface area contributed by atoms with Crippen LogP contribution >= 0.6 is 11.6 Å². The van der Waals surface area contributed by atoms with Crippen molar-refractivity contribution in [2.24, 2.45) is 0 Å². The first-order valence-corrected chi connectivity index (χ1v) is 7.83. The quantitative estimate of drug-likeness (QED) is 0.802. The van der Waals surface area contributed by atoms with Gasteiger partial charge in [-0.05, 0) is 29.3 Å². The lowest BCUT2D eigenvalue weighted by molar-refractivity contribution is -0.116. The van der Waals surface area contributed by atoms with Crippen molar-refractivity contribution in [3.63, 3.8) is 0 Å². The van der Waals surface area contributed by atoms with Crippen molar-refractivity contribution in [1.82, 2.24) is 4.98 Å². The van der Waals surface area contributed by atoms with Gasteiger partial charge >= 0.3 is 0 Å². The number of hydrogen-bond acceptors (Lipinski definition) is 4. The molecular weight excluding hydrogens is 333 g/mol. The molecule has 0 atom stereocenters. The fraction of sp³-hybridized carbons (Fsp3) is 0.235. The highest BCUT2D eigenvalue weighted by Gasteiger charge is 2.26. The fourth-order valence-corrected chi connectivity index (χ4v) is 2.71. The van der Waals surface area contributed by atoms with Crippen molar-refractivity contribution in [1.29, 1.82) is 5.26 Å². The average Bonchev–Trinajstić information content (AvgIpc) is 2.62. The zero-order valence-corrected chi connectivity index (χ0v) is 13.4. The highest BCUT2D eigenvalue weighted by molar-refractivity contribution is 6.29. The van der Waals surface area contributed by atoms with Crippen LogP contribution in [0, 0.1) is 17.1 Å². The van der Waals surface area contributed by atoms with Crippen molar-refractivity contribution >= 4 is 23.2 Å². The summed E-state index contributed by atoms with van der Waals surface area (Å²) < 4.78 is 18.5. The van der Waals surface area contributed by atoms with Crippen molar-refractivity contribution in [2.75, 3.05) is 23.9 Å². The number of hydrogen-bond donors (Lipinski definition) is 0. The number of pyridine rings is 1. The summed E-state index contributed by atoms with van der Waals surface area (Å²) in [6.07, 6.45) is 0.395. The third-order valence-corrected chi connectivity index (χ3v) is 3.95. The lowest BCUT2D eigenvalue weighted by Gasteiger charge is -2.28. The van der Waals surface area contributed by atoms with Crippen molar-refractivity contribution in [3.05, 3.63) is 53.0 Å². The van der Waals surface area contributed by atoms with Crippen LogP contribution < -0.4 is 9.64 Å². The van der Waals surface area contributed by atoms with Crippen LogP contribution in [0.4, 0.5) is 10.1 Å². The van der Waals surface area contributed by atoms with Crippen molar-refractivity contribution in [2.45, 2.75) is 6.42 Å². The molecule has 0 saturated carbocycles. The number of nitriles is 1. The Bertz CT molecular complexity index is 818. The molecule has 5 nitrogen and oxygen atoms in total. The van der Waals surface area contributed by atoms with Gasteiger partial charge in [0.25, 0.3) is 0 Å². The average molecular weight is 346 g/mol. The fourth-order valence-electron chi connectivity index (χ4n) is 2.56. The molecule has 1 aromatic carbocycles. The molecule has 0 radical (unpaired) electrons. The van der Waals surface area contributed by atoms with E-state index in [0.717, 1.165) is 5.56 Å². The summed E-state index contributed by atoms with van der Waals surface area (Å²) in [5, 5.41) is 9.33. The maximum atomic E-state index is 13.0. The Kier molecular flexibility index (Phi) is 4.63. The molecule has 0 N–H and O–H groups in total. The van der Waals surface area contributed by atoms with Gasteiger partial charge in [0.2, 0.25) is 11.8 Å². The van der Waals surface area contributed by atoms with E-state index in [1.54, 1.807) is 18.2 Å². The van der Waals surface area contributed by atoms with Crippen LogP contribution in [0.25, 0.3) is 0 Å². The first kappa shape index (κ1) is 16.2. The summed E-state index contributed by atoms with van der Waals surface area (Å²) in [6.45, 7) is 0.674. The van der Waals surface area contributed by atoms with E-state index in [4.69, 9.17) is 16.3 Å². The first-order chi connectivity index (χ1) is 11.6. The topological polar surface area (TPSA) is 66.2 Å². The van der Waals surface area contributed by atoms with Gasteiger partial charge in [0.15, 0.2) is 0 Å². The molecule has 1 aliphatic heterocycles. The molecular formula is C17H13ClFN3O2. The molecule has 1 aromatic heterocycles. The molecule has 122 valence electrons. The van der Waals surface area contributed by atoms with Gasteiger partial charge < -0.3 is 9.64 Å². The number of carbonyl (C=O) groups excluding carboxylic acids is 1. The van der Waals surface area contributed by atoms with E-state index in [1.807, 2.05) is 6.07 Å². The Labute approximate surface area is 143 Å². The molecule has 0 aliphatic carbocycles. The number of anilines is 1. The molecule has 2 heterocycles. The minimum Gasteiger partial charge on any atom is -0.474 e. The van der Waals surface area contributed by atoms with Gasteiger partial charge in [0.1, 0.15) is 35.8 Å². The molecule has 3 rings (SSSR count). The number of fused-ring (bicyclic) bond motifs is 1. The highest BCUT2D eigenvalue weighted by atomic mass is 35.5. The third-order valence-electron chi connectivity index (χ3n) is 3.72. The van der Waals surface area contributed by atoms with Gasteiger partial charge in [-0.25, -0.2) is 9.37 Å². The van der Waals surface area contributed by atoms with E-state index in [-0.39, 0.29) is 29.2 Å². The number of alkyl halides is 1. The number of nitrogens with zero attached hydrogens (tertiary/aromatic N) is 3. The van der Waals surface area contributed by atoms with Crippen molar-refractivity contribution < 1.29 is 13.9 Å². The minimum atomic E-state index is -0.324. The van der Waals surface area contributed by atoms with Crippen LogP contribution in [0.15, 0.2) is 30.3 Å². The van der Waals surface area contributed by atoms with Gasteiger partial charge in [0.05, 0.1) is 6.54 Å². The Morgan fingerprint density at radius 3 is 2.83 bits per heavy atom. The number of rotatable bonds is 3. The predicted molar refractivity (Wildman–Crippen MR) is 86.7 cm³/mol. The maximum Gasteiger partial charge on any atom is 0.242 e. The standard InChI is InChI=1S/C17H13ClFN3O2/c18-9-16(23)22-5-6-24-17-15(22)8-12(14(10-20)21-17)7-11-1-3-13(19)4-2-11/h1-4,8H,5-7,9H2. The molecule has 1 aliphatic rings. The normalized spacial score (nSPS) is 13.0. The summed E-state index contributed by atoms with van der Waals surface area (Å²) in [5.74, 6) is -0.470. The van der Waals surface area contributed by atoms with Gasteiger partial charge in [-0.2, -0.15) is 5.26 Å². The van der Waals surface area contributed by atoms with Crippen LogP contribution in [0.2, 0.25) is 0 Å². The number of benzene rings is 1. The van der Waals surface area contributed by atoms with Crippen LogP contribution in [-0.2, 0) is 11.2 Å². The Balaban J connectivity index is 2.01. The molecule has 0 fully saturated rings. The van der Waals surface area contributed by atoms with E-state index in [2.05, 4.69) is 4.98 Å². The van der Waals surface area contributed by atoms with E-state index in [9.17, 15) is 14.4 Å². The summed E-state index contributed by atoms with van der Waals surface area (Å²) in [7, 11) is 0. The summed E-state index contributed by atoms with van der Waals surface area (Å²) in [5.41, 5.74) is 2.20. The number of ether oxygens (including phenoxy) is 1. The van der Waals surface area contributed by atoms with Crippen LogP contribution in [0.3, 0.4) is 0 Å². The van der Waals surface area contributed by atoms with Gasteiger partial charge in [0, 0.05) is 6.42 Å². The van der Waals surface area contributed by atoms with Crippen LogP contribution in [0.5, 0.6) is 5.88 Å². The monoisotopic (exact) mass is 345 g/mol. The molecule has 24 heavy (non-hydrogen) atoms. The highest BCUT2D eigenvalue weighted by Crippen LogP contribution is 2.32. The van der Waals surface area contributed by atoms with E-state index in [1.165, 1.54) is 17.0 Å². The largest absolute Gasteiger partial charge is 0.474 e. The zero-order valence-electron chi connectivity index (χ0n) is 12.6. The lowest BCUT2D eigenvalue weighted by Crippen LogP contribution is -2.39. The summed E-state index contributed by atoms with van der Waals surface area (Å²) >= 11 is 5.65. The lowest BCUT2D eigenvalue weighted by atomic mass is 10.0. The van der Waals surface area contributed by atoms with E-state index < -0.39 is 0 Å². The second-order valence-electron chi connectivity index (χ2n) is 5.26. The SMILES string of the molecule is N#Cc1nc2c(cc1Cc1ccc(F)cc1)N(C(=O)CCl)CCO2. The third kappa shape index (κ3) is 3.17. The van der Waals surface area contributed by atoms with Crippen molar-refractivity contribution in [3.8, 4) is 11.9 Å². The van der Waals surface area contributed by atoms with E-state index >= 15 is 0 Å². The second kappa shape index (κ2) is 6.85. The summed E-state index contributed by atoms with van der Waals surface area (Å²) in [6, 6.07) is 9.77. The number of aromatic nitrogens is 1. The second-order valence-corrected chi connectivity index (χ2v) is 5.53. The zero-order chi connectivity index (χ0) is 17.1. The Morgan fingerprint density at radius 1 is 1.42 bits per heavy atom. The molecule has 0 unspecified atom stereocenters. The van der Waals surface area contributed by atoms with Crippen LogP contribution in [-0.4, -0.2) is 29.9 Å². The molecule has 1 amide bonds. The molecule has 0 bridgehead atoms. The Hall–Kier alpha value is -2.65. The predicted octanol–water partition coefficient (Wildman–Crippen LogP) is 2.65. The smallest absolute Gasteiger partial charge is 0.242 e. The molecule has 2 aromatic rings. The van der Waals surface area contributed by atoms with Gasteiger partial charge in [-0.3, -0.25) is 4.79 Å². The van der Waals surface area contributed by atoms with Crippen LogP contribution in [0.1, 0.15) is 16.8 Å². The molecule has 0 saturated heterocycles. The minimum absolute atomic E-state index is 0.146. The number of carbonyl (C=O) groups is 1.